The molecule has 122 valence electrons. The average molecular weight is 316 g/mol. The van der Waals surface area contributed by atoms with Gasteiger partial charge in [0.25, 0.3) is 0 Å². The molecule has 0 amide bonds. The lowest BCUT2D eigenvalue weighted by molar-refractivity contribution is -0.00267. The molecule has 0 aliphatic rings. The van der Waals surface area contributed by atoms with Gasteiger partial charge < -0.3 is 5.11 Å². The fourth-order valence-electron chi connectivity index (χ4n) is 3.64. The second kappa shape index (κ2) is 6.62. The third-order valence-corrected chi connectivity index (χ3v) is 5.30. The molecule has 3 rings (SSSR count). The minimum atomic E-state index is -1.11. The monoisotopic (exact) mass is 316 g/mol. The molecular weight excluding hydrogens is 292 g/mol. The third-order valence-electron chi connectivity index (χ3n) is 5.30. The van der Waals surface area contributed by atoms with E-state index < -0.39 is 11.0 Å². The molecule has 0 fully saturated rings. The number of aliphatic hydroxyl groups is 1. The van der Waals surface area contributed by atoms with E-state index in [4.69, 9.17) is 0 Å². The van der Waals surface area contributed by atoms with Gasteiger partial charge in [0.15, 0.2) is 0 Å². The molecule has 1 heteroatoms. The molecule has 0 heterocycles. The van der Waals surface area contributed by atoms with Gasteiger partial charge in [0.1, 0.15) is 5.60 Å². The van der Waals surface area contributed by atoms with Crippen LogP contribution in [0.3, 0.4) is 0 Å². The fourth-order valence-corrected chi connectivity index (χ4v) is 3.64. The normalized spacial score (nSPS) is 14.1. The first-order valence-electron chi connectivity index (χ1n) is 8.52. The van der Waals surface area contributed by atoms with Gasteiger partial charge in [-0.2, -0.15) is 0 Å². The largest absolute Gasteiger partial charge is 0.379 e. The lowest BCUT2D eigenvalue weighted by Crippen LogP contribution is -2.48. The van der Waals surface area contributed by atoms with Gasteiger partial charge >= 0.3 is 0 Å². The average Bonchev–Trinajstić information content (AvgIpc) is 2.68. The standard InChI is InChI=1S/C23H24O/c1-3-22(2,19-13-7-4-8-14-19)23(24,20-15-9-5-10-16-20)21-17-11-6-12-18-21/h4-18,24H,3H2,1-2H3/t22-/m0/s1. The highest BCUT2D eigenvalue weighted by atomic mass is 16.3. The van der Waals surface area contributed by atoms with Crippen molar-refractivity contribution in [1.82, 2.24) is 0 Å². The van der Waals surface area contributed by atoms with E-state index in [0.29, 0.717) is 0 Å². The molecule has 0 spiro atoms. The second-order valence-electron chi connectivity index (χ2n) is 6.49. The van der Waals surface area contributed by atoms with Crippen LogP contribution >= 0.6 is 0 Å². The molecule has 0 radical (unpaired) electrons. The number of hydrogen-bond donors (Lipinski definition) is 1. The molecule has 0 aromatic heterocycles. The van der Waals surface area contributed by atoms with Gasteiger partial charge in [-0.3, -0.25) is 0 Å². The molecule has 3 aromatic rings. The van der Waals surface area contributed by atoms with E-state index in [2.05, 4.69) is 26.0 Å². The number of benzene rings is 3. The summed E-state index contributed by atoms with van der Waals surface area (Å²) in [6.45, 7) is 4.30. The van der Waals surface area contributed by atoms with E-state index in [1.54, 1.807) is 0 Å². The predicted molar refractivity (Wildman–Crippen MR) is 100.0 cm³/mol. The van der Waals surface area contributed by atoms with E-state index in [9.17, 15) is 5.11 Å². The van der Waals surface area contributed by atoms with Crippen LogP contribution in [0.2, 0.25) is 0 Å². The Hall–Kier alpha value is -2.38. The molecule has 1 atom stereocenters. The van der Waals surface area contributed by atoms with E-state index in [-0.39, 0.29) is 0 Å². The Morgan fingerprint density at radius 3 is 1.29 bits per heavy atom. The van der Waals surface area contributed by atoms with Crippen LogP contribution in [0.15, 0.2) is 91.0 Å². The van der Waals surface area contributed by atoms with E-state index in [1.807, 2.05) is 78.9 Å². The van der Waals surface area contributed by atoms with Crippen molar-refractivity contribution in [3.63, 3.8) is 0 Å². The Balaban J connectivity index is 2.29. The lowest BCUT2D eigenvalue weighted by Gasteiger charge is -2.46. The van der Waals surface area contributed by atoms with Crippen LogP contribution in [0.1, 0.15) is 37.0 Å². The summed E-state index contributed by atoms with van der Waals surface area (Å²) >= 11 is 0. The van der Waals surface area contributed by atoms with Crippen molar-refractivity contribution in [2.75, 3.05) is 0 Å². The van der Waals surface area contributed by atoms with Crippen LogP contribution in [-0.4, -0.2) is 5.11 Å². The maximum atomic E-state index is 12.1. The highest BCUT2D eigenvalue weighted by Gasteiger charge is 2.49. The molecular formula is C23H24O. The first kappa shape index (κ1) is 16.5. The Bertz CT molecular complexity index is 725. The van der Waals surface area contributed by atoms with Gasteiger partial charge in [-0.05, 0) is 23.1 Å². The van der Waals surface area contributed by atoms with Gasteiger partial charge in [-0.25, -0.2) is 0 Å². The first-order chi connectivity index (χ1) is 11.6. The maximum absolute atomic E-state index is 12.1. The summed E-state index contributed by atoms with van der Waals surface area (Å²) < 4.78 is 0. The Labute approximate surface area is 144 Å². The van der Waals surface area contributed by atoms with Crippen LogP contribution in [0.4, 0.5) is 0 Å². The summed E-state index contributed by atoms with van der Waals surface area (Å²) in [7, 11) is 0. The predicted octanol–water partition coefficient (Wildman–Crippen LogP) is 5.29. The highest BCUT2D eigenvalue weighted by Crippen LogP contribution is 2.48. The minimum Gasteiger partial charge on any atom is -0.379 e. The van der Waals surface area contributed by atoms with Crippen LogP contribution in [0.25, 0.3) is 0 Å². The first-order valence-corrected chi connectivity index (χ1v) is 8.52. The molecule has 0 aliphatic heterocycles. The SMILES string of the molecule is CC[C@@](C)(c1ccccc1)C(O)(c1ccccc1)c1ccccc1. The molecule has 24 heavy (non-hydrogen) atoms. The summed E-state index contributed by atoms with van der Waals surface area (Å²) in [5.74, 6) is 0. The quantitative estimate of drug-likeness (QED) is 0.678. The van der Waals surface area contributed by atoms with Gasteiger partial charge in [-0.15, -0.1) is 0 Å². The van der Waals surface area contributed by atoms with Crippen LogP contribution in [0.5, 0.6) is 0 Å². The van der Waals surface area contributed by atoms with Gasteiger partial charge in [-0.1, -0.05) is 105 Å². The smallest absolute Gasteiger partial charge is 0.124 e. The zero-order valence-electron chi connectivity index (χ0n) is 14.3. The summed E-state index contributed by atoms with van der Waals surface area (Å²) in [6.07, 6.45) is 0.817. The topological polar surface area (TPSA) is 20.2 Å². The summed E-state index contributed by atoms with van der Waals surface area (Å²) in [5, 5.41) is 12.1. The molecule has 1 nitrogen and oxygen atoms in total. The Kier molecular flexibility index (Phi) is 4.55. The molecule has 0 unspecified atom stereocenters. The van der Waals surface area contributed by atoms with Gasteiger partial charge in [0.05, 0.1) is 0 Å². The number of rotatable bonds is 5. The molecule has 1 N–H and O–H groups in total. The maximum Gasteiger partial charge on any atom is 0.124 e. The van der Waals surface area contributed by atoms with Gasteiger partial charge in [0, 0.05) is 5.41 Å². The molecule has 3 aromatic carbocycles. The van der Waals surface area contributed by atoms with Crippen LogP contribution in [0, 0.1) is 0 Å². The van der Waals surface area contributed by atoms with Gasteiger partial charge in [0.2, 0.25) is 0 Å². The van der Waals surface area contributed by atoms with E-state index in [0.717, 1.165) is 23.1 Å². The van der Waals surface area contributed by atoms with Crippen molar-refractivity contribution in [3.05, 3.63) is 108 Å². The number of hydrogen-bond acceptors (Lipinski definition) is 1. The zero-order chi connectivity index (χ0) is 17.0. The molecule has 0 bridgehead atoms. The Morgan fingerprint density at radius 2 is 0.958 bits per heavy atom. The fraction of sp³-hybridized carbons (Fsp3) is 0.217. The van der Waals surface area contributed by atoms with Crippen molar-refractivity contribution in [3.8, 4) is 0 Å². The Morgan fingerprint density at radius 1 is 0.625 bits per heavy atom. The van der Waals surface area contributed by atoms with Crippen molar-refractivity contribution in [1.29, 1.82) is 0 Å². The third kappa shape index (κ3) is 2.55. The molecule has 0 saturated carbocycles. The zero-order valence-corrected chi connectivity index (χ0v) is 14.3. The van der Waals surface area contributed by atoms with E-state index in [1.165, 1.54) is 0 Å². The molecule has 0 aliphatic carbocycles. The highest BCUT2D eigenvalue weighted by molar-refractivity contribution is 5.45. The van der Waals surface area contributed by atoms with Crippen molar-refractivity contribution in [2.24, 2.45) is 0 Å². The molecule has 0 saturated heterocycles. The summed E-state index contributed by atoms with van der Waals surface area (Å²) in [6, 6.07) is 30.3. The van der Waals surface area contributed by atoms with Crippen molar-refractivity contribution in [2.45, 2.75) is 31.3 Å². The lowest BCUT2D eigenvalue weighted by atomic mass is 9.61. The van der Waals surface area contributed by atoms with Crippen LogP contribution < -0.4 is 0 Å². The van der Waals surface area contributed by atoms with Crippen molar-refractivity contribution >= 4 is 0 Å². The van der Waals surface area contributed by atoms with Crippen LogP contribution in [-0.2, 0) is 11.0 Å². The van der Waals surface area contributed by atoms with Crippen molar-refractivity contribution < 1.29 is 5.11 Å². The minimum absolute atomic E-state index is 0.447. The second-order valence-corrected chi connectivity index (χ2v) is 6.49. The van der Waals surface area contributed by atoms with E-state index >= 15 is 0 Å². The summed E-state index contributed by atoms with van der Waals surface area (Å²) in [5.41, 5.74) is 1.43. The summed E-state index contributed by atoms with van der Waals surface area (Å²) in [4.78, 5) is 0.